The summed E-state index contributed by atoms with van der Waals surface area (Å²) in [5, 5.41) is 3.69. The molecular formula is C30H35Cl2N3O6S. The quantitative estimate of drug-likeness (QED) is 0.297. The molecule has 0 bridgehead atoms. The maximum absolute atomic E-state index is 14.1. The van der Waals surface area contributed by atoms with E-state index in [0.717, 1.165) is 4.31 Å². The minimum Gasteiger partial charge on any atom is -0.493 e. The Kier molecular flexibility index (Phi) is 10.8. The SMILES string of the molecule is COc1ccc(S(=O)(=O)N(CC(=O)N(Cc2ccccc2Cl)C(C)C(=O)NC(C)(C)C)c2ccc(Cl)cc2)cc1OC. The molecule has 12 heteroatoms. The third-order valence-electron chi connectivity index (χ3n) is 6.30. The van der Waals surface area contributed by atoms with Crippen LogP contribution in [0.1, 0.15) is 33.3 Å². The maximum Gasteiger partial charge on any atom is 0.264 e. The van der Waals surface area contributed by atoms with Crippen LogP contribution in [0.3, 0.4) is 0 Å². The van der Waals surface area contributed by atoms with Gasteiger partial charge in [0, 0.05) is 28.2 Å². The number of nitrogens with one attached hydrogen (secondary N) is 1. The fourth-order valence-corrected chi connectivity index (χ4v) is 5.86. The van der Waals surface area contributed by atoms with Gasteiger partial charge in [-0.2, -0.15) is 0 Å². The van der Waals surface area contributed by atoms with E-state index in [2.05, 4.69) is 5.32 Å². The third-order valence-corrected chi connectivity index (χ3v) is 8.69. The Bertz CT molecular complexity index is 1520. The van der Waals surface area contributed by atoms with Crippen molar-refractivity contribution in [1.29, 1.82) is 0 Å². The van der Waals surface area contributed by atoms with Gasteiger partial charge in [0.25, 0.3) is 10.0 Å². The van der Waals surface area contributed by atoms with Crippen molar-refractivity contribution < 1.29 is 27.5 Å². The van der Waals surface area contributed by atoms with E-state index in [1.54, 1.807) is 31.2 Å². The van der Waals surface area contributed by atoms with Crippen LogP contribution in [0.25, 0.3) is 0 Å². The van der Waals surface area contributed by atoms with Crippen molar-refractivity contribution in [3.8, 4) is 11.5 Å². The molecule has 0 heterocycles. The van der Waals surface area contributed by atoms with Gasteiger partial charge < -0.3 is 19.7 Å². The zero-order valence-corrected chi connectivity index (χ0v) is 26.7. The Balaban J connectivity index is 2.09. The molecule has 0 aliphatic carbocycles. The molecule has 0 saturated carbocycles. The Labute approximate surface area is 257 Å². The summed E-state index contributed by atoms with van der Waals surface area (Å²) >= 11 is 12.5. The predicted molar refractivity (Wildman–Crippen MR) is 165 cm³/mol. The van der Waals surface area contributed by atoms with Gasteiger partial charge in [-0.15, -0.1) is 0 Å². The smallest absolute Gasteiger partial charge is 0.264 e. The normalized spacial score (nSPS) is 12.3. The van der Waals surface area contributed by atoms with Crippen molar-refractivity contribution in [2.45, 2.75) is 50.7 Å². The number of hydrogen-bond donors (Lipinski definition) is 1. The lowest BCUT2D eigenvalue weighted by atomic mass is 10.1. The van der Waals surface area contributed by atoms with Crippen molar-refractivity contribution in [3.63, 3.8) is 0 Å². The van der Waals surface area contributed by atoms with E-state index in [0.29, 0.717) is 21.4 Å². The lowest BCUT2D eigenvalue weighted by Gasteiger charge is -2.33. The summed E-state index contributed by atoms with van der Waals surface area (Å²) in [6.45, 7) is 6.44. The van der Waals surface area contributed by atoms with E-state index in [-0.39, 0.29) is 22.9 Å². The molecule has 0 aromatic heterocycles. The van der Waals surface area contributed by atoms with Gasteiger partial charge in [0.1, 0.15) is 12.6 Å². The van der Waals surface area contributed by atoms with Crippen LogP contribution in [-0.2, 0) is 26.2 Å². The van der Waals surface area contributed by atoms with Crippen LogP contribution >= 0.6 is 23.2 Å². The molecule has 9 nitrogen and oxygen atoms in total. The molecule has 0 radical (unpaired) electrons. The number of sulfonamides is 1. The number of anilines is 1. The number of hydrogen-bond acceptors (Lipinski definition) is 6. The second-order valence-corrected chi connectivity index (χ2v) is 13.2. The fraction of sp³-hybridized carbons (Fsp3) is 0.333. The van der Waals surface area contributed by atoms with Gasteiger partial charge in [-0.25, -0.2) is 8.42 Å². The van der Waals surface area contributed by atoms with Gasteiger partial charge in [-0.05, 0) is 75.7 Å². The molecular weight excluding hydrogens is 601 g/mol. The summed E-state index contributed by atoms with van der Waals surface area (Å²) in [6.07, 6.45) is 0. The number of carbonyl (C=O) groups is 2. The van der Waals surface area contributed by atoms with E-state index in [1.807, 2.05) is 20.8 Å². The number of nitrogens with zero attached hydrogens (tertiary/aromatic N) is 2. The molecule has 42 heavy (non-hydrogen) atoms. The van der Waals surface area contributed by atoms with Gasteiger partial charge in [0.05, 0.1) is 24.8 Å². The first kappa shape index (κ1) is 33.0. The monoisotopic (exact) mass is 635 g/mol. The zero-order chi connectivity index (χ0) is 31.2. The summed E-state index contributed by atoms with van der Waals surface area (Å²) in [7, 11) is -1.49. The molecule has 3 aromatic carbocycles. The number of amides is 2. The van der Waals surface area contributed by atoms with E-state index in [1.165, 1.54) is 61.6 Å². The zero-order valence-electron chi connectivity index (χ0n) is 24.4. The second kappa shape index (κ2) is 13.7. The molecule has 1 unspecified atom stereocenters. The molecule has 0 fully saturated rings. The number of methoxy groups -OCH3 is 2. The van der Waals surface area contributed by atoms with Crippen molar-refractivity contribution in [2.75, 3.05) is 25.1 Å². The first-order valence-corrected chi connectivity index (χ1v) is 15.2. The summed E-state index contributed by atoms with van der Waals surface area (Å²) in [5.41, 5.74) is 0.243. The second-order valence-electron chi connectivity index (χ2n) is 10.5. The predicted octanol–water partition coefficient (Wildman–Crippen LogP) is 5.54. The lowest BCUT2D eigenvalue weighted by molar-refractivity contribution is -0.140. The summed E-state index contributed by atoms with van der Waals surface area (Å²) < 4.78 is 39.7. The lowest BCUT2D eigenvalue weighted by Crippen LogP contribution is -2.54. The summed E-state index contributed by atoms with van der Waals surface area (Å²) in [4.78, 5) is 28.4. The van der Waals surface area contributed by atoms with Gasteiger partial charge >= 0.3 is 0 Å². The number of ether oxygens (including phenoxy) is 2. The number of carbonyl (C=O) groups excluding carboxylic acids is 2. The van der Waals surface area contributed by atoms with Gasteiger partial charge in [-0.3, -0.25) is 13.9 Å². The maximum atomic E-state index is 14.1. The minimum absolute atomic E-state index is 0.0257. The molecule has 1 N–H and O–H groups in total. The Morgan fingerprint density at radius 2 is 1.55 bits per heavy atom. The Morgan fingerprint density at radius 3 is 2.12 bits per heavy atom. The van der Waals surface area contributed by atoms with Gasteiger partial charge in [-0.1, -0.05) is 41.4 Å². The average molecular weight is 637 g/mol. The highest BCUT2D eigenvalue weighted by Crippen LogP contribution is 2.33. The number of rotatable bonds is 11. The van der Waals surface area contributed by atoms with Crippen LogP contribution in [0, 0.1) is 0 Å². The largest absolute Gasteiger partial charge is 0.493 e. The fourth-order valence-electron chi connectivity index (χ4n) is 4.11. The van der Waals surface area contributed by atoms with Crippen LogP contribution in [0.2, 0.25) is 10.0 Å². The molecule has 0 aliphatic rings. The van der Waals surface area contributed by atoms with E-state index in [4.69, 9.17) is 32.7 Å². The highest BCUT2D eigenvalue weighted by molar-refractivity contribution is 7.92. The van der Waals surface area contributed by atoms with Crippen LogP contribution < -0.4 is 19.1 Å². The minimum atomic E-state index is -4.33. The standard InChI is InChI=1S/C30H35Cl2N3O6S/c1-20(29(37)33-30(2,3)4)34(18-21-9-7-8-10-25(21)32)28(36)19-35(23-13-11-22(31)12-14-23)42(38,39)24-15-16-26(40-5)27(17-24)41-6/h7-17,20H,18-19H2,1-6H3,(H,33,37). The summed E-state index contributed by atoms with van der Waals surface area (Å²) in [6, 6.07) is 16.2. The van der Waals surface area contributed by atoms with Crippen LogP contribution in [0.4, 0.5) is 5.69 Å². The first-order valence-electron chi connectivity index (χ1n) is 13.0. The topological polar surface area (TPSA) is 105 Å². The number of benzene rings is 3. The molecule has 226 valence electrons. The highest BCUT2D eigenvalue weighted by Gasteiger charge is 2.34. The van der Waals surface area contributed by atoms with Crippen molar-refractivity contribution in [3.05, 3.63) is 82.3 Å². The first-order chi connectivity index (χ1) is 19.7. The molecule has 0 aliphatic heterocycles. The van der Waals surface area contributed by atoms with Crippen LogP contribution in [0.15, 0.2) is 71.6 Å². The molecule has 1 atom stereocenters. The van der Waals surface area contributed by atoms with E-state index < -0.39 is 40.0 Å². The van der Waals surface area contributed by atoms with Crippen molar-refractivity contribution in [2.24, 2.45) is 0 Å². The van der Waals surface area contributed by atoms with E-state index >= 15 is 0 Å². The average Bonchev–Trinajstić information content (AvgIpc) is 2.94. The molecule has 3 rings (SSSR count). The Morgan fingerprint density at radius 1 is 0.929 bits per heavy atom. The van der Waals surface area contributed by atoms with E-state index in [9.17, 15) is 18.0 Å². The molecule has 2 amide bonds. The number of halogens is 2. The molecule has 3 aromatic rings. The molecule has 0 saturated heterocycles. The van der Waals surface area contributed by atoms with Crippen molar-refractivity contribution in [1.82, 2.24) is 10.2 Å². The van der Waals surface area contributed by atoms with Gasteiger partial charge in [0.15, 0.2) is 11.5 Å². The van der Waals surface area contributed by atoms with Gasteiger partial charge in [0.2, 0.25) is 11.8 Å². The summed E-state index contributed by atoms with van der Waals surface area (Å²) in [5.74, 6) is -0.474. The molecule has 0 spiro atoms. The Hall–Kier alpha value is -3.47. The van der Waals surface area contributed by atoms with Crippen LogP contribution in [0.5, 0.6) is 11.5 Å². The van der Waals surface area contributed by atoms with Crippen LogP contribution in [-0.4, -0.2) is 57.5 Å². The third kappa shape index (κ3) is 8.08. The highest BCUT2D eigenvalue weighted by atomic mass is 35.5. The van der Waals surface area contributed by atoms with Crippen molar-refractivity contribution >= 4 is 50.7 Å².